The van der Waals surface area contributed by atoms with Crippen molar-refractivity contribution in [1.82, 2.24) is 9.80 Å². The minimum Gasteiger partial charge on any atom is -0.303 e. The molecular formula is C21H40N2. The predicted molar refractivity (Wildman–Crippen MR) is 99.8 cm³/mol. The van der Waals surface area contributed by atoms with Crippen LogP contribution >= 0.6 is 0 Å². The van der Waals surface area contributed by atoms with E-state index in [0.717, 1.165) is 12.1 Å². The molecule has 3 unspecified atom stereocenters. The van der Waals surface area contributed by atoms with Crippen molar-refractivity contribution < 1.29 is 0 Å². The van der Waals surface area contributed by atoms with E-state index in [1.54, 1.807) is 0 Å². The molecule has 3 heterocycles. The second kappa shape index (κ2) is 6.02. The van der Waals surface area contributed by atoms with Crippen molar-refractivity contribution in [3.63, 3.8) is 0 Å². The van der Waals surface area contributed by atoms with Crippen LogP contribution in [0.3, 0.4) is 0 Å². The molecule has 0 aliphatic carbocycles. The smallest absolute Gasteiger partial charge is 0.0218 e. The molecule has 134 valence electrons. The lowest BCUT2D eigenvalue weighted by Gasteiger charge is -2.43. The summed E-state index contributed by atoms with van der Waals surface area (Å²) in [6, 6.07) is 1.63. The van der Waals surface area contributed by atoms with E-state index < -0.39 is 0 Å². The minimum atomic E-state index is 0.455. The maximum absolute atomic E-state index is 2.97. The van der Waals surface area contributed by atoms with E-state index in [-0.39, 0.29) is 0 Å². The second-order valence-corrected chi connectivity index (χ2v) is 10.8. The summed E-state index contributed by atoms with van der Waals surface area (Å²) in [5.74, 6) is 0. The first kappa shape index (κ1) is 17.7. The third kappa shape index (κ3) is 3.49. The summed E-state index contributed by atoms with van der Waals surface area (Å²) in [6.45, 7) is 15.0. The molecule has 0 N–H and O–H groups in total. The van der Waals surface area contributed by atoms with Crippen LogP contribution in [0.5, 0.6) is 0 Å². The molecule has 0 aromatic carbocycles. The Morgan fingerprint density at radius 3 is 2.30 bits per heavy atom. The highest BCUT2D eigenvalue weighted by atomic mass is 15.3. The average molecular weight is 321 g/mol. The van der Waals surface area contributed by atoms with E-state index in [0.29, 0.717) is 16.4 Å². The van der Waals surface area contributed by atoms with Gasteiger partial charge in [-0.2, -0.15) is 0 Å². The Morgan fingerprint density at radius 1 is 0.957 bits per heavy atom. The highest BCUT2D eigenvalue weighted by Crippen LogP contribution is 2.51. The van der Waals surface area contributed by atoms with Crippen LogP contribution in [0.4, 0.5) is 0 Å². The van der Waals surface area contributed by atoms with Crippen LogP contribution in [0, 0.1) is 10.8 Å². The topological polar surface area (TPSA) is 6.48 Å². The zero-order chi connectivity index (χ0) is 16.9. The van der Waals surface area contributed by atoms with E-state index >= 15 is 0 Å². The first-order chi connectivity index (χ1) is 10.6. The molecule has 23 heavy (non-hydrogen) atoms. The maximum Gasteiger partial charge on any atom is 0.0218 e. The van der Waals surface area contributed by atoms with E-state index in [9.17, 15) is 0 Å². The number of nitrogens with zero attached hydrogens (tertiary/aromatic N) is 2. The van der Waals surface area contributed by atoms with Gasteiger partial charge in [0, 0.05) is 17.6 Å². The molecule has 0 spiro atoms. The third-order valence-corrected chi connectivity index (χ3v) is 7.08. The lowest BCUT2D eigenvalue weighted by atomic mass is 9.77. The number of hydrogen-bond acceptors (Lipinski definition) is 2. The zero-order valence-corrected chi connectivity index (χ0v) is 16.6. The van der Waals surface area contributed by atoms with Crippen molar-refractivity contribution in [1.29, 1.82) is 0 Å². The predicted octanol–water partition coefficient (Wildman–Crippen LogP) is 4.93. The van der Waals surface area contributed by atoms with E-state index in [4.69, 9.17) is 0 Å². The van der Waals surface area contributed by atoms with Crippen LogP contribution in [0.1, 0.15) is 86.0 Å². The summed E-state index contributed by atoms with van der Waals surface area (Å²) in [7, 11) is 2.34. The summed E-state index contributed by atoms with van der Waals surface area (Å²) in [5, 5.41) is 0. The van der Waals surface area contributed by atoms with Gasteiger partial charge >= 0.3 is 0 Å². The summed E-state index contributed by atoms with van der Waals surface area (Å²) >= 11 is 0. The van der Waals surface area contributed by atoms with Crippen LogP contribution in [-0.4, -0.2) is 47.6 Å². The number of likely N-dealkylation sites (tertiary alicyclic amines) is 1. The van der Waals surface area contributed by atoms with Gasteiger partial charge in [0.25, 0.3) is 0 Å². The monoisotopic (exact) mass is 320 g/mol. The Labute approximate surface area is 145 Å². The Kier molecular flexibility index (Phi) is 4.64. The second-order valence-electron chi connectivity index (χ2n) is 10.8. The lowest BCUT2D eigenvalue weighted by molar-refractivity contribution is 0.0608. The molecule has 3 fully saturated rings. The molecule has 3 saturated heterocycles. The molecule has 3 atom stereocenters. The molecular weight excluding hydrogens is 280 g/mol. The molecule has 0 aromatic heterocycles. The largest absolute Gasteiger partial charge is 0.303 e. The third-order valence-electron chi connectivity index (χ3n) is 7.08. The number of rotatable bonds is 4. The van der Waals surface area contributed by atoms with E-state index in [1.807, 2.05) is 0 Å². The van der Waals surface area contributed by atoms with Gasteiger partial charge in [0.05, 0.1) is 0 Å². The van der Waals surface area contributed by atoms with Gasteiger partial charge in [-0.05, 0) is 82.3 Å². The van der Waals surface area contributed by atoms with Crippen molar-refractivity contribution >= 4 is 0 Å². The SMILES string of the molecule is CN1CCCC1C(C)(C)CC1CCC2(CC(C)(C)C)CCCN12. The first-order valence-electron chi connectivity index (χ1n) is 10.1. The van der Waals surface area contributed by atoms with Crippen molar-refractivity contribution in [2.45, 2.75) is 104 Å². The molecule has 0 aromatic rings. The summed E-state index contributed by atoms with van der Waals surface area (Å²) in [4.78, 5) is 5.59. The van der Waals surface area contributed by atoms with Gasteiger partial charge in [0.15, 0.2) is 0 Å². The number of hydrogen-bond donors (Lipinski definition) is 0. The number of fused-ring (bicyclic) bond motifs is 1. The molecule has 0 bridgehead atoms. The fraction of sp³-hybridized carbons (Fsp3) is 1.00. The fourth-order valence-electron chi connectivity index (χ4n) is 6.51. The quantitative estimate of drug-likeness (QED) is 0.724. The molecule has 2 nitrogen and oxygen atoms in total. The zero-order valence-electron chi connectivity index (χ0n) is 16.6. The molecule has 0 saturated carbocycles. The Bertz CT molecular complexity index is 422. The molecule has 0 radical (unpaired) electrons. The van der Waals surface area contributed by atoms with Gasteiger partial charge in [-0.3, -0.25) is 4.90 Å². The summed E-state index contributed by atoms with van der Waals surface area (Å²) in [6.07, 6.45) is 11.4. The first-order valence-corrected chi connectivity index (χ1v) is 10.1. The molecule has 3 aliphatic heterocycles. The van der Waals surface area contributed by atoms with Gasteiger partial charge in [0.1, 0.15) is 0 Å². The van der Waals surface area contributed by atoms with E-state index in [1.165, 1.54) is 64.5 Å². The standard InChI is InChI=1S/C21H40N2/c1-19(2,3)16-21-11-8-14-23(21)17(10-12-21)15-20(4,5)18-9-7-13-22(18)6/h17-18H,7-16H2,1-6H3. The molecule has 3 aliphatic rings. The van der Waals surface area contributed by atoms with Gasteiger partial charge in [-0.15, -0.1) is 0 Å². The minimum absolute atomic E-state index is 0.455. The molecule has 0 amide bonds. The molecule has 3 rings (SSSR count). The van der Waals surface area contributed by atoms with Crippen LogP contribution in [0.2, 0.25) is 0 Å². The van der Waals surface area contributed by atoms with Gasteiger partial charge < -0.3 is 4.90 Å². The Morgan fingerprint density at radius 2 is 1.70 bits per heavy atom. The van der Waals surface area contributed by atoms with Crippen LogP contribution in [-0.2, 0) is 0 Å². The summed E-state index contributed by atoms with van der Waals surface area (Å²) < 4.78 is 0. The van der Waals surface area contributed by atoms with Crippen LogP contribution in [0.25, 0.3) is 0 Å². The normalized spacial score (nSPS) is 36.8. The molecule has 2 heteroatoms. The highest BCUT2D eigenvalue weighted by molar-refractivity contribution is 5.07. The van der Waals surface area contributed by atoms with Crippen molar-refractivity contribution in [3.05, 3.63) is 0 Å². The Balaban J connectivity index is 1.70. The lowest BCUT2D eigenvalue weighted by Crippen LogP contribution is -2.48. The van der Waals surface area contributed by atoms with Crippen LogP contribution in [0.15, 0.2) is 0 Å². The van der Waals surface area contributed by atoms with Crippen molar-refractivity contribution in [2.75, 3.05) is 20.1 Å². The van der Waals surface area contributed by atoms with Gasteiger partial charge in [-0.25, -0.2) is 0 Å². The van der Waals surface area contributed by atoms with Gasteiger partial charge in [0.2, 0.25) is 0 Å². The van der Waals surface area contributed by atoms with Crippen LogP contribution < -0.4 is 0 Å². The van der Waals surface area contributed by atoms with Crippen molar-refractivity contribution in [3.8, 4) is 0 Å². The Hall–Kier alpha value is -0.0800. The average Bonchev–Trinajstić information content (AvgIpc) is 3.05. The summed E-state index contributed by atoms with van der Waals surface area (Å²) in [5.41, 5.74) is 1.45. The fourth-order valence-corrected chi connectivity index (χ4v) is 6.51. The van der Waals surface area contributed by atoms with Gasteiger partial charge in [-0.1, -0.05) is 34.6 Å². The highest BCUT2D eigenvalue weighted by Gasteiger charge is 2.51. The van der Waals surface area contributed by atoms with Crippen molar-refractivity contribution in [2.24, 2.45) is 10.8 Å². The van der Waals surface area contributed by atoms with E-state index in [2.05, 4.69) is 51.5 Å². The maximum atomic E-state index is 2.97.